The van der Waals surface area contributed by atoms with Crippen LogP contribution < -0.4 is 4.74 Å². The highest BCUT2D eigenvalue weighted by Crippen LogP contribution is 2.30. The molecule has 0 saturated carbocycles. The number of pyridine rings is 1. The summed E-state index contributed by atoms with van der Waals surface area (Å²) >= 11 is 0. The number of aliphatic imine (C=N–C) groups is 2. The van der Waals surface area contributed by atoms with Gasteiger partial charge in [-0.25, -0.2) is 19.4 Å². The van der Waals surface area contributed by atoms with Crippen molar-refractivity contribution in [2.75, 3.05) is 6.54 Å². The molecule has 1 amide bonds. The summed E-state index contributed by atoms with van der Waals surface area (Å²) in [5.74, 6) is -1.17. The summed E-state index contributed by atoms with van der Waals surface area (Å²) in [6, 6.07) is 5.72. The lowest BCUT2D eigenvalue weighted by Crippen LogP contribution is -2.51. The number of amidine groups is 1. The number of aromatic nitrogens is 1. The summed E-state index contributed by atoms with van der Waals surface area (Å²) in [4.78, 5) is 26.7. The van der Waals surface area contributed by atoms with Gasteiger partial charge >= 0.3 is 6.18 Å². The molecule has 0 spiro atoms. The molecule has 0 radical (unpaired) electrons. The van der Waals surface area contributed by atoms with Crippen molar-refractivity contribution in [3.63, 3.8) is 0 Å². The maximum absolute atomic E-state index is 14.9. The van der Waals surface area contributed by atoms with Crippen molar-refractivity contribution < 1.29 is 27.1 Å². The van der Waals surface area contributed by atoms with Crippen molar-refractivity contribution in [1.29, 1.82) is 0 Å². The van der Waals surface area contributed by atoms with Crippen LogP contribution in [-0.2, 0) is 6.18 Å². The lowest BCUT2D eigenvalue weighted by molar-refractivity contribution is -0.137. The normalized spacial score (nSPS) is 19.4. The van der Waals surface area contributed by atoms with Gasteiger partial charge in [0.05, 0.1) is 17.2 Å². The number of ether oxygens (including phenoxy) is 1. The van der Waals surface area contributed by atoms with Gasteiger partial charge in [-0.2, -0.15) is 13.2 Å². The standard InChI is InChI=1S/C24H24F4N4O2/c1-4-12-30-22(29-3)17-7-5-8-18(25)21(17)23(33)32-13-6-9-19(15(32)2)34-20-11-10-16(14-31-20)24(26,27)28/h4-5,7-8,10-12,14-15,19H,3,6,9,13H2,1-2H3/b12-4-,30-22-/t15-,19+/m0/s1. The van der Waals surface area contributed by atoms with E-state index in [2.05, 4.69) is 21.7 Å². The third-order valence-electron chi connectivity index (χ3n) is 5.48. The Labute approximate surface area is 194 Å². The second-order valence-corrected chi connectivity index (χ2v) is 7.68. The minimum atomic E-state index is -4.50. The summed E-state index contributed by atoms with van der Waals surface area (Å²) < 4.78 is 59.0. The summed E-state index contributed by atoms with van der Waals surface area (Å²) in [5.41, 5.74) is -0.859. The molecule has 0 unspecified atom stereocenters. The van der Waals surface area contributed by atoms with E-state index in [1.54, 1.807) is 26.0 Å². The quantitative estimate of drug-likeness (QED) is 0.335. The largest absolute Gasteiger partial charge is 0.472 e. The van der Waals surface area contributed by atoms with Gasteiger partial charge in [0.1, 0.15) is 11.9 Å². The lowest BCUT2D eigenvalue weighted by Gasteiger charge is -2.39. The molecule has 1 aliphatic heterocycles. The van der Waals surface area contributed by atoms with Gasteiger partial charge in [0.15, 0.2) is 5.84 Å². The first-order valence-electron chi connectivity index (χ1n) is 10.6. The van der Waals surface area contributed by atoms with Crippen molar-refractivity contribution in [1.82, 2.24) is 9.88 Å². The molecule has 1 aromatic heterocycles. The molecule has 2 heterocycles. The number of hydrogen-bond donors (Lipinski definition) is 0. The average molecular weight is 476 g/mol. The summed E-state index contributed by atoms with van der Waals surface area (Å²) in [6.45, 7) is 7.32. The molecule has 1 aromatic carbocycles. The molecule has 0 aliphatic carbocycles. The van der Waals surface area contributed by atoms with Crippen molar-refractivity contribution in [2.24, 2.45) is 9.98 Å². The van der Waals surface area contributed by atoms with Crippen molar-refractivity contribution >= 4 is 18.5 Å². The number of amides is 1. The second kappa shape index (κ2) is 10.6. The number of rotatable bonds is 5. The Kier molecular flexibility index (Phi) is 7.80. The van der Waals surface area contributed by atoms with E-state index < -0.39 is 35.6 Å². The van der Waals surface area contributed by atoms with E-state index in [4.69, 9.17) is 4.74 Å². The third-order valence-corrected chi connectivity index (χ3v) is 5.48. The van der Waals surface area contributed by atoms with Crippen LogP contribution in [0.1, 0.15) is 48.2 Å². The first-order chi connectivity index (χ1) is 16.2. The molecule has 1 saturated heterocycles. The minimum absolute atomic E-state index is 0.0161. The van der Waals surface area contributed by atoms with Crippen molar-refractivity contribution in [2.45, 2.75) is 45.0 Å². The highest BCUT2D eigenvalue weighted by Gasteiger charge is 2.36. The van der Waals surface area contributed by atoms with Crippen molar-refractivity contribution in [3.8, 4) is 5.88 Å². The first-order valence-corrected chi connectivity index (χ1v) is 10.6. The number of halogens is 4. The second-order valence-electron chi connectivity index (χ2n) is 7.68. The summed E-state index contributed by atoms with van der Waals surface area (Å²) in [6.07, 6.45) is -0.0929. The SMILES string of the molecule is C=N/C(=N\C=C/C)c1cccc(F)c1C(=O)N1CCC[C@@H](Oc2ccc(C(F)(F)F)cn2)[C@@H]1C. The third kappa shape index (κ3) is 5.49. The van der Waals surface area contributed by atoms with Gasteiger partial charge in [-0.05, 0) is 45.5 Å². The van der Waals surface area contributed by atoms with Crippen LogP contribution in [0.15, 0.2) is 58.8 Å². The Hall–Kier alpha value is -3.56. The van der Waals surface area contributed by atoms with Gasteiger partial charge in [0.25, 0.3) is 5.91 Å². The molecule has 34 heavy (non-hydrogen) atoms. The zero-order valence-electron chi connectivity index (χ0n) is 18.7. The Morgan fingerprint density at radius 1 is 1.29 bits per heavy atom. The number of alkyl halides is 3. The minimum Gasteiger partial charge on any atom is -0.472 e. The van der Waals surface area contributed by atoms with Gasteiger partial charge in [0.2, 0.25) is 5.88 Å². The number of nitrogens with zero attached hydrogens (tertiary/aromatic N) is 4. The molecule has 180 valence electrons. The predicted molar refractivity (Wildman–Crippen MR) is 121 cm³/mol. The van der Waals surface area contributed by atoms with Crippen LogP contribution in [0, 0.1) is 5.82 Å². The van der Waals surface area contributed by atoms with Crippen LogP contribution >= 0.6 is 0 Å². The number of allylic oxidation sites excluding steroid dienone is 1. The van der Waals surface area contributed by atoms with E-state index in [9.17, 15) is 22.4 Å². The molecule has 1 aliphatic rings. The molecule has 6 nitrogen and oxygen atoms in total. The summed E-state index contributed by atoms with van der Waals surface area (Å²) in [7, 11) is 0. The maximum atomic E-state index is 14.9. The van der Waals surface area contributed by atoms with E-state index >= 15 is 0 Å². The monoisotopic (exact) mass is 476 g/mol. The number of hydrogen-bond acceptors (Lipinski definition) is 4. The molecular formula is C24H24F4N4O2. The number of likely N-dealkylation sites (tertiary alicyclic amines) is 1. The number of benzene rings is 1. The number of carbonyl (C=O) groups is 1. The average Bonchev–Trinajstić information content (AvgIpc) is 2.80. The van der Waals surface area contributed by atoms with Gasteiger partial charge in [-0.1, -0.05) is 18.2 Å². The van der Waals surface area contributed by atoms with E-state index in [-0.39, 0.29) is 22.8 Å². The van der Waals surface area contributed by atoms with Gasteiger partial charge in [0, 0.05) is 30.6 Å². The van der Waals surface area contributed by atoms with Crippen LogP contribution in [0.3, 0.4) is 0 Å². The Morgan fingerprint density at radius 3 is 2.68 bits per heavy atom. The van der Waals surface area contributed by atoms with E-state index in [1.165, 1.54) is 23.2 Å². The molecule has 2 atom stereocenters. The molecule has 1 fully saturated rings. The lowest BCUT2D eigenvalue weighted by atomic mass is 9.97. The highest BCUT2D eigenvalue weighted by molar-refractivity contribution is 6.11. The zero-order valence-corrected chi connectivity index (χ0v) is 18.7. The first kappa shape index (κ1) is 25.1. The molecule has 0 bridgehead atoms. The van der Waals surface area contributed by atoms with Crippen LogP contribution in [0.25, 0.3) is 0 Å². The van der Waals surface area contributed by atoms with Crippen LogP contribution in [-0.4, -0.2) is 47.0 Å². The zero-order chi connectivity index (χ0) is 24.9. The smallest absolute Gasteiger partial charge is 0.417 e. The van der Waals surface area contributed by atoms with Crippen molar-refractivity contribution in [3.05, 3.63) is 71.3 Å². The highest BCUT2D eigenvalue weighted by atomic mass is 19.4. The summed E-state index contributed by atoms with van der Waals surface area (Å²) in [5, 5.41) is 0. The Bertz CT molecular complexity index is 1100. The fraction of sp³-hybridized carbons (Fsp3) is 0.333. The fourth-order valence-corrected chi connectivity index (χ4v) is 3.74. The fourth-order valence-electron chi connectivity index (χ4n) is 3.74. The topological polar surface area (TPSA) is 67.2 Å². The van der Waals surface area contributed by atoms with Gasteiger partial charge in [-0.3, -0.25) is 4.79 Å². The van der Waals surface area contributed by atoms with Gasteiger partial charge < -0.3 is 9.64 Å². The molecule has 0 N–H and O–H groups in total. The molecular weight excluding hydrogens is 452 g/mol. The van der Waals surface area contributed by atoms with E-state index in [0.717, 1.165) is 12.1 Å². The number of carbonyl (C=O) groups excluding carboxylic acids is 1. The predicted octanol–water partition coefficient (Wildman–Crippen LogP) is 5.29. The molecule has 10 heteroatoms. The number of piperidine rings is 1. The molecule has 2 aromatic rings. The Morgan fingerprint density at radius 2 is 2.06 bits per heavy atom. The van der Waals surface area contributed by atoms with E-state index in [1.807, 2.05) is 0 Å². The van der Waals surface area contributed by atoms with Crippen LogP contribution in [0.4, 0.5) is 17.6 Å². The molecule has 3 rings (SSSR count). The Balaban J connectivity index is 1.86. The van der Waals surface area contributed by atoms with Gasteiger partial charge in [-0.15, -0.1) is 0 Å². The van der Waals surface area contributed by atoms with E-state index in [0.29, 0.717) is 25.6 Å². The van der Waals surface area contributed by atoms with Crippen LogP contribution in [0.2, 0.25) is 0 Å². The maximum Gasteiger partial charge on any atom is 0.417 e. The van der Waals surface area contributed by atoms with Crippen LogP contribution in [0.5, 0.6) is 5.88 Å².